The van der Waals surface area contributed by atoms with Gasteiger partial charge in [-0.2, -0.15) is 0 Å². The number of aliphatic hydroxyl groups excluding tert-OH is 2. The van der Waals surface area contributed by atoms with Crippen molar-refractivity contribution in [2.24, 2.45) is 0 Å². The Kier molecular flexibility index (Phi) is 10.6. The number of likely N-dealkylation sites (tertiary alicyclic amines) is 2. The van der Waals surface area contributed by atoms with Crippen LogP contribution in [0.3, 0.4) is 0 Å². The minimum atomic E-state index is -2.27. The molecule has 2 aliphatic heterocycles. The number of carbonyl (C=O) groups is 4. The number of aliphatic hydroxyl groups is 2. The highest BCUT2D eigenvalue weighted by Gasteiger charge is 2.31. The van der Waals surface area contributed by atoms with Gasteiger partial charge in [-0.15, -0.1) is 0 Å². The van der Waals surface area contributed by atoms with Gasteiger partial charge >= 0.3 is 11.9 Å². The van der Waals surface area contributed by atoms with Crippen LogP contribution in [0.2, 0.25) is 0 Å². The average Bonchev–Trinajstić information content (AvgIpc) is 3.12. The van der Waals surface area contributed by atoms with Crippen LogP contribution in [0, 0.1) is 0 Å². The fraction of sp³-hybridized carbons (Fsp3) is 0.778. The molecule has 2 amide bonds. The van der Waals surface area contributed by atoms with E-state index in [0.717, 1.165) is 26.1 Å². The van der Waals surface area contributed by atoms with E-state index in [1.165, 1.54) is 19.3 Å². The van der Waals surface area contributed by atoms with Crippen LogP contribution in [-0.4, -0.2) is 98.5 Å². The van der Waals surface area contributed by atoms with Gasteiger partial charge in [0.1, 0.15) is 6.04 Å². The molecule has 0 bridgehead atoms. The largest absolute Gasteiger partial charge is 0.479 e. The Morgan fingerprint density at radius 3 is 1.93 bits per heavy atom. The lowest BCUT2D eigenvalue weighted by Gasteiger charge is -2.29. The highest BCUT2D eigenvalue weighted by Crippen LogP contribution is 2.16. The Labute approximate surface area is 169 Å². The van der Waals surface area contributed by atoms with Gasteiger partial charge in [-0.05, 0) is 38.8 Å². The van der Waals surface area contributed by atoms with Crippen LogP contribution in [0.5, 0.6) is 0 Å². The summed E-state index contributed by atoms with van der Waals surface area (Å²) >= 11 is 0. The lowest BCUT2D eigenvalue weighted by Crippen LogP contribution is -2.50. The van der Waals surface area contributed by atoms with Crippen molar-refractivity contribution in [1.29, 1.82) is 0 Å². The summed E-state index contributed by atoms with van der Waals surface area (Å²) in [5, 5.41) is 35.5. The molecule has 29 heavy (non-hydrogen) atoms. The highest BCUT2D eigenvalue weighted by atomic mass is 16.4. The molecule has 2 rings (SSSR count). The predicted molar refractivity (Wildman–Crippen MR) is 101 cm³/mol. The van der Waals surface area contributed by atoms with Crippen LogP contribution in [-0.2, 0) is 19.2 Å². The monoisotopic (exact) mass is 417 g/mol. The number of nitrogens with one attached hydrogen (secondary N) is 1. The smallest absolute Gasteiger partial charge is 0.335 e. The molecule has 0 aliphatic carbocycles. The molecule has 0 unspecified atom stereocenters. The van der Waals surface area contributed by atoms with E-state index >= 15 is 0 Å². The summed E-state index contributed by atoms with van der Waals surface area (Å²) in [6.45, 7) is 5.46. The first-order valence-electron chi connectivity index (χ1n) is 9.80. The molecule has 2 heterocycles. The molecule has 166 valence electrons. The molecule has 11 heteroatoms. The fourth-order valence-corrected chi connectivity index (χ4v) is 3.24. The zero-order valence-electron chi connectivity index (χ0n) is 16.6. The number of hydrogen-bond donors (Lipinski definition) is 5. The minimum absolute atomic E-state index is 0.00308. The summed E-state index contributed by atoms with van der Waals surface area (Å²) in [6, 6.07) is -0.278. The van der Waals surface area contributed by atoms with Gasteiger partial charge in [0.2, 0.25) is 11.8 Å². The van der Waals surface area contributed by atoms with Crippen LogP contribution in [0.4, 0.5) is 0 Å². The van der Waals surface area contributed by atoms with E-state index in [0.29, 0.717) is 19.5 Å². The normalized spacial score (nSPS) is 20.2. The van der Waals surface area contributed by atoms with Crippen molar-refractivity contribution < 1.29 is 39.6 Å². The first-order valence-corrected chi connectivity index (χ1v) is 9.80. The number of carbonyl (C=O) groups excluding carboxylic acids is 2. The maximum absolute atomic E-state index is 12.2. The summed E-state index contributed by atoms with van der Waals surface area (Å²) in [6.07, 6.45) is 1.37. The molecule has 0 radical (unpaired) electrons. The molecule has 0 saturated carbocycles. The quantitative estimate of drug-likeness (QED) is 0.326. The molecule has 5 N–H and O–H groups in total. The van der Waals surface area contributed by atoms with Crippen molar-refractivity contribution in [3.63, 3.8) is 0 Å². The Hall–Kier alpha value is -2.24. The first-order chi connectivity index (χ1) is 13.7. The van der Waals surface area contributed by atoms with E-state index in [2.05, 4.69) is 10.2 Å². The number of nitrogens with zero attached hydrogens (tertiary/aromatic N) is 2. The standard InChI is InChI=1S/C14H25N3O2.C4H6O6/c1-2-12(17-10-6-7-13(17)18)14(19)15-11-16-8-4-3-5-9-16;5-1(3(7)8)2(6)4(9)10/h12H,2-11H2,1H3,(H,15,19);1-2,5-6H,(H,7,8)(H,9,10)/t12-;1-,2-/m01/s1. The molecular formula is C18H31N3O8. The van der Waals surface area contributed by atoms with E-state index < -0.39 is 24.1 Å². The number of aliphatic carboxylic acids is 2. The van der Waals surface area contributed by atoms with E-state index in [9.17, 15) is 19.2 Å². The van der Waals surface area contributed by atoms with Crippen LogP contribution in [0.15, 0.2) is 0 Å². The number of hydrogen-bond acceptors (Lipinski definition) is 7. The lowest BCUT2D eigenvalue weighted by atomic mass is 10.1. The number of carboxylic acid groups (broad SMARTS) is 2. The van der Waals surface area contributed by atoms with Crippen LogP contribution in [0.1, 0.15) is 45.4 Å². The van der Waals surface area contributed by atoms with Gasteiger partial charge in [0.15, 0.2) is 12.2 Å². The van der Waals surface area contributed by atoms with Gasteiger partial charge in [-0.25, -0.2) is 9.59 Å². The third-order valence-corrected chi connectivity index (χ3v) is 4.91. The second-order valence-corrected chi connectivity index (χ2v) is 7.06. The number of amides is 2. The fourth-order valence-electron chi connectivity index (χ4n) is 3.24. The summed E-state index contributed by atoms with van der Waals surface area (Å²) in [4.78, 5) is 47.5. The predicted octanol–water partition coefficient (Wildman–Crippen LogP) is -1.18. The molecule has 2 aliphatic rings. The van der Waals surface area contributed by atoms with E-state index in [4.69, 9.17) is 20.4 Å². The van der Waals surface area contributed by atoms with E-state index in [-0.39, 0.29) is 17.9 Å². The number of carboxylic acids is 2. The molecule has 0 aromatic heterocycles. The number of rotatable bonds is 8. The molecule has 2 saturated heterocycles. The van der Waals surface area contributed by atoms with Crippen LogP contribution >= 0.6 is 0 Å². The molecule has 2 fully saturated rings. The van der Waals surface area contributed by atoms with Crippen molar-refractivity contribution in [3.05, 3.63) is 0 Å². The molecule has 0 spiro atoms. The first kappa shape index (κ1) is 24.8. The van der Waals surface area contributed by atoms with Crippen molar-refractivity contribution in [2.75, 3.05) is 26.3 Å². The highest BCUT2D eigenvalue weighted by molar-refractivity contribution is 5.88. The van der Waals surface area contributed by atoms with Gasteiger partial charge in [0.05, 0.1) is 6.67 Å². The maximum Gasteiger partial charge on any atom is 0.335 e. The van der Waals surface area contributed by atoms with Crippen molar-refractivity contribution in [2.45, 2.75) is 63.7 Å². The minimum Gasteiger partial charge on any atom is -0.479 e. The second kappa shape index (κ2) is 12.3. The summed E-state index contributed by atoms with van der Waals surface area (Å²) in [7, 11) is 0. The summed E-state index contributed by atoms with van der Waals surface area (Å²) in [5.74, 6) is -3.41. The molecular weight excluding hydrogens is 386 g/mol. The Balaban J connectivity index is 0.000000359. The van der Waals surface area contributed by atoms with Gasteiger partial charge in [-0.1, -0.05) is 13.3 Å². The zero-order valence-corrected chi connectivity index (χ0v) is 16.6. The SMILES string of the molecule is CC[C@@H](C(=O)NCN1CCCCC1)N1CCCC1=O.O=C(O)[C@H](O)[C@@H](O)C(=O)O. The van der Waals surface area contributed by atoms with Gasteiger partial charge < -0.3 is 30.6 Å². The third kappa shape index (κ3) is 7.95. The van der Waals surface area contributed by atoms with Gasteiger partial charge in [0.25, 0.3) is 0 Å². The van der Waals surface area contributed by atoms with Crippen molar-refractivity contribution in [3.8, 4) is 0 Å². The molecule has 3 atom stereocenters. The summed E-state index contributed by atoms with van der Waals surface area (Å²) in [5.41, 5.74) is 0. The van der Waals surface area contributed by atoms with Gasteiger partial charge in [-0.3, -0.25) is 14.5 Å². The van der Waals surface area contributed by atoms with E-state index in [1.54, 1.807) is 4.90 Å². The van der Waals surface area contributed by atoms with Crippen LogP contribution < -0.4 is 5.32 Å². The van der Waals surface area contributed by atoms with E-state index in [1.807, 2.05) is 6.92 Å². The second-order valence-electron chi connectivity index (χ2n) is 7.06. The zero-order chi connectivity index (χ0) is 22.0. The topological polar surface area (TPSA) is 168 Å². The van der Waals surface area contributed by atoms with Crippen molar-refractivity contribution in [1.82, 2.24) is 15.1 Å². The summed E-state index contributed by atoms with van der Waals surface area (Å²) < 4.78 is 0. The Morgan fingerprint density at radius 2 is 1.52 bits per heavy atom. The maximum atomic E-state index is 12.2. The molecule has 0 aromatic carbocycles. The molecule has 0 aromatic rings. The molecule has 11 nitrogen and oxygen atoms in total. The number of piperidine rings is 1. The average molecular weight is 417 g/mol. The lowest BCUT2D eigenvalue weighted by molar-refractivity contribution is -0.165. The van der Waals surface area contributed by atoms with Crippen LogP contribution in [0.25, 0.3) is 0 Å². The van der Waals surface area contributed by atoms with Crippen molar-refractivity contribution >= 4 is 23.8 Å². The van der Waals surface area contributed by atoms with Gasteiger partial charge in [0, 0.05) is 13.0 Å². The Morgan fingerprint density at radius 1 is 0.966 bits per heavy atom. The Bertz CT molecular complexity index is 561. The third-order valence-electron chi connectivity index (χ3n) is 4.91.